The Morgan fingerprint density at radius 3 is 2.23 bits per heavy atom. The van der Waals surface area contributed by atoms with Gasteiger partial charge in [0.25, 0.3) is 17.5 Å². The lowest BCUT2D eigenvalue weighted by Gasteiger charge is -2.34. The highest BCUT2D eigenvalue weighted by atomic mass is 35.5. The molecule has 11 heteroatoms. The number of nitro benzene ring substituents is 1. The van der Waals surface area contributed by atoms with Gasteiger partial charge in [0.2, 0.25) is 0 Å². The summed E-state index contributed by atoms with van der Waals surface area (Å²) in [4.78, 5) is 39.9. The maximum absolute atomic E-state index is 13.0. The predicted octanol–water partition coefficient (Wildman–Crippen LogP) is 5.37. The van der Waals surface area contributed by atoms with Crippen molar-refractivity contribution >= 4 is 73.7 Å². The van der Waals surface area contributed by atoms with Crippen LogP contribution in [0.3, 0.4) is 0 Å². The second kappa shape index (κ2) is 8.63. The van der Waals surface area contributed by atoms with E-state index in [0.29, 0.717) is 28.0 Å². The van der Waals surface area contributed by atoms with Crippen LogP contribution >= 0.6 is 46.1 Å². The minimum atomic E-state index is -0.578. The standard InChI is InChI=1S/C20H14Cl3N3O4S/c21-11-1-3-13-16(9-11)31-18(17(13)23)20(28)25-7-5-24(6-8-25)19(27)14-10-12(26(29)30)2-4-15(14)22/h1-4,9-10H,5-8H2. The number of carbonyl (C=O) groups is 2. The number of carbonyl (C=O) groups excluding carboxylic acids is 2. The number of non-ortho nitro benzene ring substituents is 1. The number of hydrogen-bond donors (Lipinski definition) is 0. The Kier molecular flexibility index (Phi) is 6.07. The van der Waals surface area contributed by atoms with Crippen molar-refractivity contribution in [3.63, 3.8) is 0 Å². The number of rotatable bonds is 3. The number of halogens is 3. The molecule has 160 valence electrons. The molecule has 2 aromatic carbocycles. The Hall–Kier alpha value is -2.39. The van der Waals surface area contributed by atoms with E-state index in [1.54, 1.807) is 23.1 Å². The minimum Gasteiger partial charge on any atom is -0.335 e. The Labute approximate surface area is 195 Å². The molecule has 2 heterocycles. The second-order valence-electron chi connectivity index (χ2n) is 6.89. The molecule has 4 rings (SSSR count). The molecule has 0 bridgehead atoms. The highest BCUT2D eigenvalue weighted by Gasteiger charge is 2.29. The Morgan fingerprint density at radius 2 is 1.58 bits per heavy atom. The van der Waals surface area contributed by atoms with Crippen LogP contribution in [0.5, 0.6) is 0 Å². The molecule has 1 fully saturated rings. The fraction of sp³-hybridized carbons (Fsp3) is 0.200. The van der Waals surface area contributed by atoms with Crippen molar-refractivity contribution in [1.29, 1.82) is 0 Å². The van der Waals surface area contributed by atoms with Crippen molar-refractivity contribution in [2.75, 3.05) is 26.2 Å². The van der Waals surface area contributed by atoms with Crippen LogP contribution in [0.4, 0.5) is 5.69 Å². The largest absolute Gasteiger partial charge is 0.335 e. The van der Waals surface area contributed by atoms with E-state index in [-0.39, 0.29) is 35.3 Å². The Morgan fingerprint density at radius 1 is 0.935 bits per heavy atom. The first-order valence-electron chi connectivity index (χ1n) is 9.16. The van der Waals surface area contributed by atoms with Crippen LogP contribution < -0.4 is 0 Å². The molecule has 0 saturated carbocycles. The van der Waals surface area contributed by atoms with Crippen LogP contribution in [0.25, 0.3) is 10.1 Å². The van der Waals surface area contributed by atoms with E-state index in [1.807, 2.05) is 0 Å². The van der Waals surface area contributed by atoms with Crippen molar-refractivity contribution in [2.45, 2.75) is 0 Å². The lowest BCUT2D eigenvalue weighted by atomic mass is 10.1. The molecule has 1 saturated heterocycles. The number of thiophene rings is 1. The number of amides is 2. The number of hydrogen-bond acceptors (Lipinski definition) is 5. The smallest absolute Gasteiger partial charge is 0.270 e. The molecule has 2 amide bonds. The van der Waals surface area contributed by atoms with E-state index >= 15 is 0 Å². The molecule has 7 nitrogen and oxygen atoms in total. The van der Waals surface area contributed by atoms with Crippen molar-refractivity contribution in [1.82, 2.24) is 9.80 Å². The topological polar surface area (TPSA) is 83.8 Å². The van der Waals surface area contributed by atoms with Crippen LogP contribution in [0.15, 0.2) is 36.4 Å². The van der Waals surface area contributed by atoms with Crippen molar-refractivity contribution in [3.05, 3.63) is 72.0 Å². The van der Waals surface area contributed by atoms with Gasteiger partial charge in [0, 0.05) is 53.4 Å². The summed E-state index contributed by atoms with van der Waals surface area (Å²) >= 11 is 19.8. The average molecular weight is 499 g/mol. The zero-order valence-corrected chi connectivity index (χ0v) is 18.9. The molecule has 0 unspecified atom stereocenters. The highest BCUT2D eigenvalue weighted by molar-refractivity contribution is 7.21. The summed E-state index contributed by atoms with van der Waals surface area (Å²) in [5, 5.41) is 12.9. The molecule has 0 aliphatic carbocycles. The lowest BCUT2D eigenvalue weighted by molar-refractivity contribution is -0.384. The predicted molar refractivity (Wildman–Crippen MR) is 122 cm³/mol. The van der Waals surface area contributed by atoms with Crippen molar-refractivity contribution < 1.29 is 14.5 Å². The first-order valence-corrected chi connectivity index (χ1v) is 11.1. The molecule has 0 N–H and O–H groups in total. The molecule has 31 heavy (non-hydrogen) atoms. The summed E-state index contributed by atoms with van der Waals surface area (Å²) in [7, 11) is 0. The third-order valence-electron chi connectivity index (χ3n) is 5.03. The summed E-state index contributed by atoms with van der Waals surface area (Å²) < 4.78 is 0.829. The van der Waals surface area contributed by atoms with Gasteiger partial charge < -0.3 is 9.80 Å². The fourth-order valence-electron chi connectivity index (χ4n) is 3.39. The van der Waals surface area contributed by atoms with Crippen LogP contribution in [0, 0.1) is 10.1 Å². The highest BCUT2D eigenvalue weighted by Crippen LogP contribution is 2.37. The van der Waals surface area contributed by atoms with Gasteiger partial charge in [-0.15, -0.1) is 11.3 Å². The summed E-state index contributed by atoms with van der Waals surface area (Å²) in [5.74, 6) is -0.613. The van der Waals surface area contributed by atoms with E-state index in [0.717, 1.165) is 10.1 Å². The van der Waals surface area contributed by atoms with E-state index in [2.05, 4.69) is 0 Å². The quantitative estimate of drug-likeness (QED) is 0.359. The number of benzene rings is 2. The van der Waals surface area contributed by atoms with Gasteiger partial charge in [-0.3, -0.25) is 19.7 Å². The van der Waals surface area contributed by atoms with E-state index < -0.39 is 10.8 Å². The van der Waals surface area contributed by atoms with Gasteiger partial charge in [0.1, 0.15) is 4.88 Å². The van der Waals surface area contributed by atoms with Crippen LogP contribution in [0.1, 0.15) is 20.0 Å². The van der Waals surface area contributed by atoms with E-state index in [1.165, 1.54) is 34.4 Å². The number of nitro groups is 1. The number of nitrogens with zero attached hydrogens (tertiary/aromatic N) is 3. The molecule has 0 atom stereocenters. The summed E-state index contributed by atoms with van der Waals surface area (Å²) in [6, 6.07) is 9.03. The normalized spacial score (nSPS) is 14.2. The molecule has 3 aromatic rings. The van der Waals surface area contributed by atoms with Gasteiger partial charge in [-0.2, -0.15) is 0 Å². The maximum atomic E-state index is 13.0. The first kappa shape index (κ1) is 21.8. The van der Waals surface area contributed by atoms with Crippen molar-refractivity contribution in [3.8, 4) is 0 Å². The monoisotopic (exact) mass is 497 g/mol. The molecule has 1 aliphatic rings. The SMILES string of the molecule is O=C(c1cc([N+](=O)[O-])ccc1Cl)N1CCN(C(=O)c2sc3cc(Cl)ccc3c2Cl)CC1. The van der Waals surface area contributed by atoms with Crippen LogP contribution in [-0.4, -0.2) is 52.7 Å². The average Bonchev–Trinajstić information content (AvgIpc) is 3.08. The summed E-state index contributed by atoms with van der Waals surface area (Å²) in [6.45, 7) is 1.17. The van der Waals surface area contributed by atoms with Crippen LogP contribution in [-0.2, 0) is 0 Å². The summed E-state index contributed by atoms with van der Waals surface area (Å²) in [6.07, 6.45) is 0. The van der Waals surface area contributed by atoms with Gasteiger partial charge in [-0.1, -0.05) is 40.9 Å². The van der Waals surface area contributed by atoms with Gasteiger partial charge in [0.05, 0.1) is 20.5 Å². The van der Waals surface area contributed by atoms with Gasteiger partial charge >= 0.3 is 0 Å². The maximum Gasteiger partial charge on any atom is 0.270 e. The first-order chi connectivity index (χ1) is 14.8. The van der Waals surface area contributed by atoms with Gasteiger partial charge in [-0.25, -0.2) is 0 Å². The molecule has 1 aromatic heterocycles. The molecule has 0 radical (unpaired) electrons. The Bertz CT molecular complexity index is 1220. The number of piperazine rings is 1. The molecule has 1 aliphatic heterocycles. The van der Waals surface area contributed by atoms with E-state index in [4.69, 9.17) is 34.8 Å². The lowest BCUT2D eigenvalue weighted by Crippen LogP contribution is -2.50. The zero-order valence-electron chi connectivity index (χ0n) is 15.8. The zero-order chi connectivity index (χ0) is 22.3. The molecular weight excluding hydrogens is 485 g/mol. The Balaban J connectivity index is 1.48. The number of fused-ring (bicyclic) bond motifs is 1. The minimum absolute atomic E-state index is 0.0695. The fourth-order valence-corrected chi connectivity index (χ4v) is 5.35. The van der Waals surface area contributed by atoms with Gasteiger partial charge in [-0.05, 0) is 18.2 Å². The van der Waals surface area contributed by atoms with E-state index in [9.17, 15) is 19.7 Å². The third-order valence-corrected chi connectivity index (χ3v) is 7.24. The summed E-state index contributed by atoms with van der Waals surface area (Å²) in [5.41, 5.74) is -0.138. The second-order valence-corrected chi connectivity index (χ2v) is 9.17. The van der Waals surface area contributed by atoms with Crippen molar-refractivity contribution in [2.24, 2.45) is 0 Å². The third kappa shape index (κ3) is 4.21. The molecular formula is C20H14Cl3N3O4S. The van der Waals surface area contributed by atoms with Crippen LogP contribution in [0.2, 0.25) is 15.1 Å². The van der Waals surface area contributed by atoms with Gasteiger partial charge in [0.15, 0.2) is 0 Å². The molecule has 0 spiro atoms.